The van der Waals surface area contributed by atoms with Gasteiger partial charge in [-0.05, 0) is 25.1 Å². The molecule has 0 bridgehead atoms. The van der Waals surface area contributed by atoms with Crippen LogP contribution in [0.4, 0.5) is 0 Å². The van der Waals surface area contributed by atoms with Crippen LogP contribution in [0.5, 0.6) is 17.2 Å². The predicted molar refractivity (Wildman–Crippen MR) is 74.9 cm³/mol. The zero-order valence-electron chi connectivity index (χ0n) is 11.3. The van der Waals surface area contributed by atoms with Gasteiger partial charge in [-0.2, -0.15) is 5.26 Å². The van der Waals surface area contributed by atoms with E-state index in [1.807, 2.05) is 12.1 Å². The molecule has 102 valence electrons. The number of nitriles is 1. The van der Waals surface area contributed by atoms with Gasteiger partial charge in [0.25, 0.3) is 0 Å². The van der Waals surface area contributed by atoms with E-state index in [-0.39, 0.29) is 0 Å². The molecule has 0 amide bonds. The van der Waals surface area contributed by atoms with Gasteiger partial charge < -0.3 is 14.6 Å². The highest BCUT2D eigenvalue weighted by Gasteiger charge is 2.10. The van der Waals surface area contributed by atoms with Crippen LogP contribution in [0.3, 0.4) is 0 Å². The Labute approximate surface area is 117 Å². The van der Waals surface area contributed by atoms with Gasteiger partial charge in [0.2, 0.25) is 0 Å². The Morgan fingerprint density at radius 2 is 1.85 bits per heavy atom. The summed E-state index contributed by atoms with van der Waals surface area (Å²) >= 11 is 0. The summed E-state index contributed by atoms with van der Waals surface area (Å²) in [6.07, 6.45) is -0.632. The Morgan fingerprint density at radius 3 is 2.50 bits per heavy atom. The summed E-state index contributed by atoms with van der Waals surface area (Å²) in [5.41, 5.74) is 1.14. The molecule has 4 nitrogen and oxygen atoms in total. The predicted octanol–water partition coefficient (Wildman–Crippen LogP) is 3.41. The van der Waals surface area contributed by atoms with Crippen LogP contribution in [0, 0.1) is 11.3 Å². The summed E-state index contributed by atoms with van der Waals surface area (Å²) in [7, 11) is 1.53. The Hall–Kier alpha value is -2.51. The standard InChI is InChI=1S/C16H15NO3/c1-11(18)15-5-3-4-6-16(15)20-14-8-12(10-17)7-13(9-14)19-2/h3-9,11,18H,1-2H3. The molecule has 1 atom stereocenters. The summed E-state index contributed by atoms with van der Waals surface area (Å²) in [4.78, 5) is 0. The second kappa shape index (κ2) is 6.09. The normalized spacial score (nSPS) is 11.5. The molecule has 2 aromatic carbocycles. The van der Waals surface area contributed by atoms with Gasteiger partial charge in [0.15, 0.2) is 0 Å². The maximum absolute atomic E-state index is 9.73. The monoisotopic (exact) mass is 269 g/mol. The zero-order chi connectivity index (χ0) is 14.5. The quantitative estimate of drug-likeness (QED) is 0.923. The van der Waals surface area contributed by atoms with E-state index >= 15 is 0 Å². The van der Waals surface area contributed by atoms with Crippen LogP contribution in [0.1, 0.15) is 24.2 Å². The fraction of sp³-hybridized carbons (Fsp3) is 0.188. The molecular weight excluding hydrogens is 254 g/mol. The molecule has 20 heavy (non-hydrogen) atoms. The molecule has 1 N–H and O–H groups in total. The Bertz CT molecular complexity index is 644. The van der Waals surface area contributed by atoms with E-state index in [1.54, 1.807) is 37.3 Å². The number of aliphatic hydroxyl groups excluding tert-OH is 1. The fourth-order valence-electron chi connectivity index (χ4n) is 1.86. The number of methoxy groups -OCH3 is 1. The van der Waals surface area contributed by atoms with Crippen LogP contribution in [0.15, 0.2) is 42.5 Å². The molecule has 4 heteroatoms. The van der Waals surface area contributed by atoms with E-state index < -0.39 is 6.10 Å². The minimum Gasteiger partial charge on any atom is -0.497 e. The van der Waals surface area contributed by atoms with E-state index in [0.717, 1.165) is 0 Å². The average Bonchev–Trinajstić information content (AvgIpc) is 2.47. The molecule has 0 aromatic heterocycles. The molecule has 0 spiro atoms. The third-order valence-corrected chi connectivity index (χ3v) is 2.84. The first-order valence-electron chi connectivity index (χ1n) is 6.18. The molecule has 0 heterocycles. The first-order valence-corrected chi connectivity index (χ1v) is 6.18. The van der Waals surface area contributed by atoms with Gasteiger partial charge in [-0.15, -0.1) is 0 Å². The summed E-state index contributed by atoms with van der Waals surface area (Å²) in [5, 5.41) is 18.7. The van der Waals surface area contributed by atoms with Crippen molar-refractivity contribution in [3.63, 3.8) is 0 Å². The lowest BCUT2D eigenvalue weighted by molar-refractivity contribution is 0.195. The Balaban J connectivity index is 2.38. The number of hydrogen-bond acceptors (Lipinski definition) is 4. The van der Waals surface area contributed by atoms with Crippen molar-refractivity contribution in [1.29, 1.82) is 5.26 Å². The molecule has 2 rings (SSSR count). The maximum Gasteiger partial charge on any atom is 0.133 e. The first kappa shape index (κ1) is 13.9. The third kappa shape index (κ3) is 3.08. The van der Waals surface area contributed by atoms with E-state index in [0.29, 0.717) is 28.4 Å². The first-order chi connectivity index (χ1) is 9.63. The van der Waals surface area contributed by atoms with Gasteiger partial charge >= 0.3 is 0 Å². The van der Waals surface area contributed by atoms with Crippen LogP contribution >= 0.6 is 0 Å². The van der Waals surface area contributed by atoms with Gasteiger partial charge in [-0.1, -0.05) is 18.2 Å². The van der Waals surface area contributed by atoms with Crippen molar-refractivity contribution in [3.8, 4) is 23.3 Å². The largest absolute Gasteiger partial charge is 0.497 e. The summed E-state index contributed by atoms with van der Waals surface area (Å²) < 4.78 is 10.9. The van der Waals surface area contributed by atoms with Gasteiger partial charge in [0.05, 0.1) is 24.8 Å². The molecule has 0 fully saturated rings. The highest BCUT2D eigenvalue weighted by molar-refractivity contribution is 5.46. The Kier molecular flexibility index (Phi) is 4.24. The average molecular weight is 269 g/mol. The lowest BCUT2D eigenvalue weighted by Gasteiger charge is -2.13. The molecular formula is C16H15NO3. The van der Waals surface area contributed by atoms with Crippen molar-refractivity contribution >= 4 is 0 Å². The van der Waals surface area contributed by atoms with Crippen LogP contribution < -0.4 is 9.47 Å². The molecule has 0 aliphatic rings. The highest BCUT2D eigenvalue weighted by atomic mass is 16.5. The third-order valence-electron chi connectivity index (χ3n) is 2.84. The maximum atomic E-state index is 9.73. The number of ether oxygens (including phenoxy) is 2. The second-order valence-corrected chi connectivity index (χ2v) is 4.32. The SMILES string of the molecule is COc1cc(C#N)cc(Oc2ccccc2C(C)O)c1. The van der Waals surface area contributed by atoms with E-state index in [4.69, 9.17) is 14.7 Å². The molecule has 0 radical (unpaired) electrons. The van der Waals surface area contributed by atoms with E-state index in [2.05, 4.69) is 6.07 Å². The molecule has 0 saturated carbocycles. The van der Waals surface area contributed by atoms with Crippen LogP contribution in [0.2, 0.25) is 0 Å². The lowest BCUT2D eigenvalue weighted by Crippen LogP contribution is -1.96. The topological polar surface area (TPSA) is 62.5 Å². The molecule has 0 aliphatic carbocycles. The molecule has 0 saturated heterocycles. The smallest absolute Gasteiger partial charge is 0.133 e. The number of benzene rings is 2. The molecule has 1 unspecified atom stereocenters. The van der Waals surface area contributed by atoms with Crippen molar-refractivity contribution in [2.75, 3.05) is 7.11 Å². The number of rotatable bonds is 4. The minimum absolute atomic E-state index is 0.453. The molecule has 0 aliphatic heterocycles. The fourth-order valence-corrected chi connectivity index (χ4v) is 1.86. The second-order valence-electron chi connectivity index (χ2n) is 4.32. The van der Waals surface area contributed by atoms with E-state index in [9.17, 15) is 5.11 Å². The highest BCUT2D eigenvalue weighted by Crippen LogP contribution is 2.31. The Morgan fingerprint density at radius 1 is 1.15 bits per heavy atom. The minimum atomic E-state index is -0.632. The van der Waals surface area contributed by atoms with Crippen LogP contribution in [0.25, 0.3) is 0 Å². The number of para-hydroxylation sites is 1. The van der Waals surface area contributed by atoms with Crippen molar-refractivity contribution in [2.45, 2.75) is 13.0 Å². The lowest BCUT2D eigenvalue weighted by atomic mass is 10.1. The van der Waals surface area contributed by atoms with Crippen molar-refractivity contribution in [3.05, 3.63) is 53.6 Å². The summed E-state index contributed by atoms with van der Waals surface area (Å²) in [6.45, 7) is 1.68. The zero-order valence-corrected chi connectivity index (χ0v) is 11.3. The van der Waals surface area contributed by atoms with Gasteiger partial charge in [-0.3, -0.25) is 0 Å². The number of nitrogens with zero attached hydrogens (tertiary/aromatic N) is 1. The van der Waals surface area contributed by atoms with Gasteiger partial charge in [0, 0.05) is 11.6 Å². The summed E-state index contributed by atoms with van der Waals surface area (Å²) in [5.74, 6) is 1.60. The van der Waals surface area contributed by atoms with Crippen molar-refractivity contribution < 1.29 is 14.6 Å². The molecule has 2 aromatic rings. The van der Waals surface area contributed by atoms with Gasteiger partial charge in [0.1, 0.15) is 17.2 Å². The van der Waals surface area contributed by atoms with Crippen LogP contribution in [-0.2, 0) is 0 Å². The van der Waals surface area contributed by atoms with E-state index in [1.165, 1.54) is 7.11 Å². The van der Waals surface area contributed by atoms with Crippen molar-refractivity contribution in [1.82, 2.24) is 0 Å². The summed E-state index contributed by atoms with van der Waals surface area (Å²) in [6, 6.07) is 14.2. The van der Waals surface area contributed by atoms with Crippen molar-refractivity contribution in [2.24, 2.45) is 0 Å². The number of hydrogen-bond donors (Lipinski definition) is 1. The number of aliphatic hydroxyl groups is 1. The van der Waals surface area contributed by atoms with Gasteiger partial charge in [-0.25, -0.2) is 0 Å². The van der Waals surface area contributed by atoms with Crippen LogP contribution in [-0.4, -0.2) is 12.2 Å².